The second-order valence-corrected chi connectivity index (χ2v) is 8.71. The number of hydrogen-bond donors (Lipinski definition) is 3. The first-order chi connectivity index (χ1) is 15.0. The molecule has 0 unspecified atom stereocenters. The van der Waals surface area contributed by atoms with E-state index in [4.69, 9.17) is 23.2 Å². The fourth-order valence-electron chi connectivity index (χ4n) is 3.88. The lowest BCUT2D eigenvalue weighted by atomic mass is 9.86. The molecule has 0 spiro atoms. The SMILES string of the molecule is O=C(N[C@H]1CC[C@H](CNc2cc(-c3ccc(F)cc3)n[nH]2)CC1)c1cc(Cl)ccc1Cl. The summed E-state index contributed by atoms with van der Waals surface area (Å²) in [5.41, 5.74) is 2.05. The number of anilines is 1. The van der Waals surface area contributed by atoms with Crippen molar-refractivity contribution in [2.75, 3.05) is 11.9 Å². The lowest BCUT2D eigenvalue weighted by Crippen LogP contribution is -2.38. The Morgan fingerprint density at radius 2 is 1.81 bits per heavy atom. The topological polar surface area (TPSA) is 69.8 Å². The number of rotatable bonds is 6. The minimum Gasteiger partial charge on any atom is -0.370 e. The van der Waals surface area contributed by atoms with Crippen molar-refractivity contribution in [2.24, 2.45) is 5.92 Å². The van der Waals surface area contributed by atoms with Crippen LogP contribution >= 0.6 is 23.2 Å². The highest BCUT2D eigenvalue weighted by Crippen LogP contribution is 2.27. The highest BCUT2D eigenvalue weighted by molar-refractivity contribution is 6.35. The number of nitrogens with zero attached hydrogens (tertiary/aromatic N) is 1. The molecule has 31 heavy (non-hydrogen) atoms. The molecule has 3 N–H and O–H groups in total. The van der Waals surface area contributed by atoms with E-state index in [-0.39, 0.29) is 17.8 Å². The number of carbonyl (C=O) groups excluding carboxylic acids is 1. The van der Waals surface area contributed by atoms with Gasteiger partial charge in [-0.05, 0) is 74.1 Å². The van der Waals surface area contributed by atoms with Crippen molar-refractivity contribution in [2.45, 2.75) is 31.7 Å². The van der Waals surface area contributed by atoms with E-state index in [2.05, 4.69) is 20.8 Å². The zero-order chi connectivity index (χ0) is 21.8. The number of amides is 1. The van der Waals surface area contributed by atoms with Gasteiger partial charge in [0, 0.05) is 29.2 Å². The van der Waals surface area contributed by atoms with Gasteiger partial charge < -0.3 is 10.6 Å². The molecule has 0 aliphatic heterocycles. The molecule has 1 saturated carbocycles. The molecule has 8 heteroatoms. The van der Waals surface area contributed by atoms with E-state index >= 15 is 0 Å². The molecule has 1 aromatic heterocycles. The molecule has 1 fully saturated rings. The smallest absolute Gasteiger partial charge is 0.253 e. The zero-order valence-corrected chi connectivity index (χ0v) is 18.3. The van der Waals surface area contributed by atoms with Crippen LogP contribution in [0.3, 0.4) is 0 Å². The van der Waals surface area contributed by atoms with Crippen LogP contribution in [0.2, 0.25) is 10.0 Å². The first-order valence-electron chi connectivity index (χ1n) is 10.3. The molecule has 1 aliphatic rings. The van der Waals surface area contributed by atoms with Gasteiger partial charge in [0.05, 0.1) is 16.3 Å². The highest BCUT2D eigenvalue weighted by Gasteiger charge is 2.23. The minimum absolute atomic E-state index is 0.135. The van der Waals surface area contributed by atoms with Gasteiger partial charge in [-0.1, -0.05) is 23.2 Å². The molecule has 5 nitrogen and oxygen atoms in total. The summed E-state index contributed by atoms with van der Waals surface area (Å²) < 4.78 is 13.1. The summed E-state index contributed by atoms with van der Waals surface area (Å²) in [6, 6.07) is 13.2. The van der Waals surface area contributed by atoms with Gasteiger partial charge >= 0.3 is 0 Å². The monoisotopic (exact) mass is 460 g/mol. The normalized spacial score (nSPS) is 18.5. The van der Waals surface area contributed by atoms with Gasteiger partial charge in [0.1, 0.15) is 11.6 Å². The van der Waals surface area contributed by atoms with Crippen molar-refractivity contribution in [1.82, 2.24) is 15.5 Å². The number of hydrogen-bond acceptors (Lipinski definition) is 3. The van der Waals surface area contributed by atoms with Gasteiger partial charge in [-0.3, -0.25) is 9.89 Å². The van der Waals surface area contributed by atoms with Gasteiger partial charge in [-0.25, -0.2) is 4.39 Å². The summed E-state index contributed by atoms with van der Waals surface area (Å²) in [5, 5.41) is 14.6. The molecule has 1 aliphatic carbocycles. The van der Waals surface area contributed by atoms with Crippen molar-refractivity contribution in [3.8, 4) is 11.3 Å². The largest absolute Gasteiger partial charge is 0.370 e. The van der Waals surface area contributed by atoms with Crippen LogP contribution in [-0.2, 0) is 0 Å². The van der Waals surface area contributed by atoms with E-state index in [0.717, 1.165) is 49.3 Å². The quantitative estimate of drug-likeness (QED) is 0.427. The van der Waals surface area contributed by atoms with Crippen LogP contribution in [0.25, 0.3) is 11.3 Å². The third-order valence-electron chi connectivity index (χ3n) is 5.65. The van der Waals surface area contributed by atoms with Crippen LogP contribution in [0.1, 0.15) is 36.0 Å². The molecular formula is C23H23Cl2FN4O. The maximum Gasteiger partial charge on any atom is 0.253 e. The standard InChI is InChI=1S/C23H23Cl2FN4O/c24-16-5-10-20(25)19(11-16)23(31)28-18-8-1-14(2-9-18)13-27-22-12-21(29-30-22)15-3-6-17(26)7-4-15/h3-7,10-12,14,18H,1-2,8-9,13H2,(H,28,31)(H2,27,29,30)/t14-,18-. The summed E-state index contributed by atoms with van der Waals surface area (Å²) in [6.45, 7) is 0.825. The molecule has 1 amide bonds. The fraction of sp³-hybridized carbons (Fsp3) is 0.304. The van der Waals surface area contributed by atoms with Gasteiger partial charge in [0.15, 0.2) is 0 Å². The molecule has 0 bridgehead atoms. The number of halogens is 3. The number of aromatic amines is 1. The molecule has 0 radical (unpaired) electrons. The van der Waals surface area contributed by atoms with Gasteiger partial charge in [0.2, 0.25) is 0 Å². The molecule has 0 saturated heterocycles. The predicted molar refractivity (Wildman–Crippen MR) is 122 cm³/mol. The Balaban J connectivity index is 1.24. The lowest BCUT2D eigenvalue weighted by molar-refractivity contribution is 0.0923. The van der Waals surface area contributed by atoms with Crippen molar-refractivity contribution < 1.29 is 9.18 Å². The summed E-state index contributed by atoms with van der Waals surface area (Å²) in [5.74, 6) is 0.908. The van der Waals surface area contributed by atoms with E-state index in [1.807, 2.05) is 6.07 Å². The van der Waals surface area contributed by atoms with Gasteiger partial charge in [-0.2, -0.15) is 5.10 Å². The van der Waals surface area contributed by atoms with Crippen molar-refractivity contribution in [3.63, 3.8) is 0 Å². The fourth-order valence-corrected chi connectivity index (χ4v) is 4.26. The van der Waals surface area contributed by atoms with E-state index in [9.17, 15) is 9.18 Å². The summed E-state index contributed by atoms with van der Waals surface area (Å²) in [7, 11) is 0. The van der Waals surface area contributed by atoms with Crippen LogP contribution in [0.5, 0.6) is 0 Å². The lowest BCUT2D eigenvalue weighted by Gasteiger charge is -2.29. The van der Waals surface area contributed by atoms with E-state index in [0.29, 0.717) is 21.5 Å². The Labute approximate surface area is 190 Å². The Morgan fingerprint density at radius 1 is 1.06 bits per heavy atom. The highest BCUT2D eigenvalue weighted by atomic mass is 35.5. The Morgan fingerprint density at radius 3 is 2.55 bits per heavy atom. The van der Waals surface area contributed by atoms with Crippen LogP contribution in [0, 0.1) is 11.7 Å². The molecule has 4 rings (SSSR count). The zero-order valence-electron chi connectivity index (χ0n) is 16.8. The van der Waals surface area contributed by atoms with E-state index < -0.39 is 0 Å². The molecule has 1 heterocycles. The number of nitrogens with one attached hydrogen (secondary N) is 3. The second-order valence-electron chi connectivity index (χ2n) is 7.87. The molecular weight excluding hydrogens is 438 g/mol. The third kappa shape index (κ3) is 5.57. The Kier molecular flexibility index (Phi) is 6.78. The maximum absolute atomic E-state index is 13.1. The average Bonchev–Trinajstić information content (AvgIpc) is 3.24. The minimum atomic E-state index is -0.264. The third-order valence-corrected chi connectivity index (χ3v) is 6.22. The van der Waals surface area contributed by atoms with Crippen LogP contribution in [-0.4, -0.2) is 28.7 Å². The first-order valence-corrected chi connectivity index (χ1v) is 11.0. The first kappa shape index (κ1) is 21.7. The van der Waals surface area contributed by atoms with E-state index in [1.54, 1.807) is 30.3 Å². The molecule has 2 aromatic carbocycles. The van der Waals surface area contributed by atoms with Crippen molar-refractivity contribution in [1.29, 1.82) is 0 Å². The number of H-pyrrole nitrogens is 1. The number of carbonyl (C=O) groups is 1. The van der Waals surface area contributed by atoms with Crippen LogP contribution < -0.4 is 10.6 Å². The van der Waals surface area contributed by atoms with Crippen LogP contribution in [0.15, 0.2) is 48.5 Å². The van der Waals surface area contributed by atoms with Crippen molar-refractivity contribution >= 4 is 34.9 Å². The van der Waals surface area contributed by atoms with Crippen LogP contribution in [0.4, 0.5) is 10.2 Å². The molecule has 3 aromatic rings. The molecule has 0 atom stereocenters. The summed E-state index contributed by atoms with van der Waals surface area (Å²) >= 11 is 12.1. The van der Waals surface area contributed by atoms with E-state index in [1.165, 1.54) is 12.1 Å². The number of benzene rings is 2. The Hall–Kier alpha value is -2.57. The van der Waals surface area contributed by atoms with Gasteiger partial charge in [-0.15, -0.1) is 0 Å². The van der Waals surface area contributed by atoms with Crippen molar-refractivity contribution in [3.05, 3.63) is 70.0 Å². The molecule has 162 valence electrons. The Bertz CT molecular complexity index is 1050. The maximum atomic E-state index is 13.1. The summed E-state index contributed by atoms with van der Waals surface area (Å²) in [6.07, 6.45) is 3.86. The number of aromatic nitrogens is 2. The average molecular weight is 461 g/mol. The second kappa shape index (κ2) is 9.71. The predicted octanol–water partition coefficient (Wildman–Crippen LogP) is 5.92. The summed E-state index contributed by atoms with van der Waals surface area (Å²) in [4.78, 5) is 12.5. The van der Waals surface area contributed by atoms with Gasteiger partial charge in [0.25, 0.3) is 5.91 Å².